The maximum Gasteiger partial charge on any atom is 0.213 e. The lowest BCUT2D eigenvalue weighted by atomic mass is 9.91. The Morgan fingerprint density at radius 3 is 2.40 bits per heavy atom. The number of hydrogen-bond donors (Lipinski definition) is 1. The number of rotatable bonds is 1. The van der Waals surface area contributed by atoms with Gasteiger partial charge in [-0.2, -0.15) is 0 Å². The minimum Gasteiger partial charge on any atom is -0.359 e. The first-order chi connectivity index (χ1) is 9.75. The van der Waals surface area contributed by atoms with Crippen LogP contribution in [0.4, 0.5) is 0 Å². The van der Waals surface area contributed by atoms with E-state index in [9.17, 15) is 9.59 Å². The highest BCUT2D eigenvalue weighted by Crippen LogP contribution is 2.34. The maximum atomic E-state index is 12.4. The van der Waals surface area contributed by atoms with Gasteiger partial charge in [0, 0.05) is 17.3 Å². The molecule has 2 heterocycles. The Morgan fingerprint density at radius 1 is 0.950 bits per heavy atom. The number of ketones is 2. The van der Waals surface area contributed by atoms with Crippen molar-refractivity contribution in [2.45, 2.75) is 0 Å². The van der Waals surface area contributed by atoms with E-state index >= 15 is 0 Å². The molecule has 96 valence electrons. The summed E-state index contributed by atoms with van der Waals surface area (Å²) in [4.78, 5) is 32.7. The van der Waals surface area contributed by atoms with Crippen LogP contribution in [0, 0.1) is 0 Å². The van der Waals surface area contributed by atoms with Crippen LogP contribution in [0.25, 0.3) is 10.7 Å². The van der Waals surface area contributed by atoms with E-state index in [1.807, 2.05) is 12.1 Å². The molecule has 5 heteroatoms. The Balaban J connectivity index is 1.94. The molecule has 1 aliphatic rings. The first kappa shape index (κ1) is 11.3. The minimum atomic E-state index is -0.177. The molecule has 0 bridgehead atoms. The zero-order valence-electron chi connectivity index (χ0n) is 10.2. The van der Waals surface area contributed by atoms with Crippen LogP contribution in [0.15, 0.2) is 42.6 Å². The van der Waals surface area contributed by atoms with Gasteiger partial charge in [-0.3, -0.25) is 9.59 Å². The second-order valence-electron chi connectivity index (χ2n) is 4.48. The van der Waals surface area contributed by atoms with Crippen LogP contribution in [0.2, 0.25) is 0 Å². The molecule has 0 radical (unpaired) electrons. The fraction of sp³-hybridized carbons (Fsp3) is 0. The van der Waals surface area contributed by atoms with Gasteiger partial charge in [0.2, 0.25) is 11.6 Å². The van der Waals surface area contributed by atoms with Crippen molar-refractivity contribution < 1.29 is 9.59 Å². The van der Waals surface area contributed by atoms with Crippen molar-refractivity contribution in [3.8, 4) is 10.7 Å². The molecule has 0 fully saturated rings. The summed E-state index contributed by atoms with van der Waals surface area (Å²) in [7, 11) is 0. The first-order valence-corrected chi connectivity index (χ1v) is 6.90. The van der Waals surface area contributed by atoms with Crippen molar-refractivity contribution in [1.29, 1.82) is 0 Å². The van der Waals surface area contributed by atoms with Gasteiger partial charge in [0.1, 0.15) is 15.6 Å². The molecule has 1 N–H and O–H groups in total. The molecule has 0 amide bonds. The molecule has 3 aromatic rings. The van der Waals surface area contributed by atoms with Crippen LogP contribution >= 0.6 is 11.3 Å². The molecule has 1 aliphatic carbocycles. The summed E-state index contributed by atoms with van der Waals surface area (Å²) in [6.45, 7) is 0. The third-order valence-electron chi connectivity index (χ3n) is 3.29. The van der Waals surface area contributed by atoms with Gasteiger partial charge in [0.15, 0.2) is 0 Å². The van der Waals surface area contributed by atoms with E-state index in [0.717, 1.165) is 5.69 Å². The zero-order valence-corrected chi connectivity index (χ0v) is 11.0. The monoisotopic (exact) mass is 280 g/mol. The number of aromatic amines is 1. The van der Waals surface area contributed by atoms with Crippen molar-refractivity contribution in [2.24, 2.45) is 0 Å². The number of nitrogens with zero attached hydrogens (tertiary/aromatic N) is 1. The smallest absolute Gasteiger partial charge is 0.213 e. The molecule has 0 saturated heterocycles. The van der Waals surface area contributed by atoms with E-state index in [2.05, 4.69) is 9.97 Å². The molecule has 0 unspecified atom stereocenters. The van der Waals surface area contributed by atoms with Crippen molar-refractivity contribution in [2.75, 3.05) is 0 Å². The molecule has 0 aliphatic heterocycles. The number of H-pyrrole nitrogens is 1. The summed E-state index contributed by atoms with van der Waals surface area (Å²) in [5.74, 6) is -0.297. The Labute approximate surface area is 118 Å². The highest BCUT2D eigenvalue weighted by atomic mass is 32.1. The fourth-order valence-corrected chi connectivity index (χ4v) is 3.34. The van der Waals surface area contributed by atoms with Crippen LogP contribution in [-0.4, -0.2) is 21.5 Å². The second kappa shape index (κ2) is 3.98. The molecule has 4 rings (SSSR count). The Kier molecular flexibility index (Phi) is 2.25. The number of thiazole rings is 1. The predicted molar refractivity (Wildman–Crippen MR) is 75.2 cm³/mol. The summed E-state index contributed by atoms with van der Waals surface area (Å²) < 4.78 is 0. The molecule has 2 aromatic heterocycles. The van der Waals surface area contributed by atoms with Crippen LogP contribution in [0.5, 0.6) is 0 Å². The summed E-state index contributed by atoms with van der Waals surface area (Å²) >= 11 is 1.26. The van der Waals surface area contributed by atoms with Crippen LogP contribution in [0.1, 0.15) is 31.3 Å². The van der Waals surface area contributed by atoms with E-state index in [1.165, 1.54) is 11.3 Å². The maximum absolute atomic E-state index is 12.4. The third kappa shape index (κ3) is 1.44. The van der Waals surface area contributed by atoms with Crippen molar-refractivity contribution in [1.82, 2.24) is 9.97 Å². The van der Waals surface area contributed by atoms with Gasteiger partial charge in [-0.15, -0.1) is 11.3 Å². The number of carbonyl (C=O) groups is 2. The molecule has 0 saturated carbocycles. The summed E-state index contributed by atoms with van der Waals surface area (Å²) in [6.07, 6.45) is 1.79. The SMILES string of the molecule is O=C1c2ccccc2C(=O)c2sc(-c3ccc[nH]3)nc21. The Bertz CT molecular complexity index is 794. The largest absolute Gasteiger partial charge is 0.359 e. The van der Waals surface area contributed by atoms with Gasteiger partial charge in [-0.25, -0.2) is 4.98 Å². The number of aromatic nitrogens is 2. The normalized spacial score (nSPS) is 13.2. The summed E-state index contributed by atoms with van der Waals surface area (Å²) in [5, 5.41) is 0.662. The van der Waals surface area contributed by atoms with Crippen LogP contribution in [0.3, 0.4) is 0 Å². The quantitative estimate of drug-likeness (QED) is 0.583. The van der Waals surface area contributed by atoms with Crippen molar-refractivity contribution in [3.63, 3.8) is 0 Å². The number of nitrogens with one attached hydrogen (secondary N) is 1. The molecule has 1 aromatic carbocycles. The number of benzene rings is 1. The van der Waals surface area contributed by atoms with Crippen molar-refractivity contribution >= 4 is 22.9 Å². The van der Waals surface area contributed by atoms with Gasteiger partial charge in [-0.05, 0) is 12.1 Å². The molecular weight excluding hydrogens is 272 g/mol. The highest BCUT2D eigenvalue weighted by Gasteiger charge is 2.33. The lowest BCUT2D eigenvalue weighted by Crippen LogP contribution is -2.19. The average Bonchev–Trinajstić information content (AvgIpc) is 3.13. The van der Waals surface area contributed by atoms with Gasteiger partial charge in [0.25, 0.3) is 0 Å². The number of fused-ring (bicyclic) bond motifs is 2. The third-order valence-corrected chi connectivity index (χ3v) is 4.38. The van der Waals surface area contributed by atoms with Crippen LogP contribution < -0.4 is 0 Å². The predicted octanol–water partition coefficient (Wildman–Crippen LogP) is 2.91. The van der Waals surface area contributed by atoms with E-state index in [0.29, 0.717) is 21.0 Å². The van der Waals surface area contributed by atoms with Gasteiger partial charge in [0.05, 0.1) is 5.69 Å². The Hall–Kier alpha value is -2.53. The lowest BCUT2D eigenvalue weighted by molar-refractivity contribution is 0.0979. The van der Waals surface area contributed by atoms with E-state index in [-0.39, 0.29) is 17.3 Å². The van der Waals surface area contributed by atoms with Crippen LogP contribution in [-0.2, 0) is 0 Å². The lowest BCUT2D eigenvalue weighted by Gasteiger charge is -2.11. The molecular formula is C15H8N2O2S. The Morgan fingerprint density at radius 2 is 1.70 bits per heavy atom. The summed E-state index contributed by atoms with van der Waals surface area (Å²) in [6, 6.07) is 10.6. The standard InChI is InChI=1S/C15H8N2O2S/c18-12-8-4-1-2-5-9(8)13(19)14-11(12)17-15(20-14)10-6-3-7-16-10/h1-7,16H. The fourth-order valence-electron chi connectivity index (χ4n) is 2.34. The topological polar surface area (TPSA) is 62.8 Å². The number of carbonyl (C=O) groups excluding carboxylic acids is 2. The average molecular weight is 280 g/mol. The van der Waals surface area contributed by atoms with E-state index < -0.39 is 0 Å². The summed E-state index contributed by atoms with van der Waals surface area (Å²) in [5.41, 5.74) is 1.98. The molecule has 20 heavy (non-hydrogen) atoms. The molecule has 0 atom stereocenters. The highest BCUT2D eigenvalue weighted by molar-refractivity contribution is 7.17. The van der Waals surface area contributed by atoms with E-state index in [1.54, 1.807) is 30.5 Å². The van der Waals surface area contributed by atoms with E-state index in [4.69, 9.17) is 0 Å². The zero-order chi connectivity index (χ0) is 13.7. The second-order valence-corrected chi connectivity index (χ2v) is 5.48. The molecule has 4 nitrogen and oxygen atoms in total. The molecule has 0 spiro atoms. The van der Waals surface area contributed by atoms with Gasteiger partial charge in [-0.1, -0.05) is 24.3 Å². The van der Waals surface area contributed by atoms with Gasteiger partial charge >= 0.3 is 0 Å². The minimum absolute atomic E-state index is 0.120. The van der Waals surface area contributed by atoms with Crippen molar-refractivity contribution in [3.05, 3.63) is 64.3 Å². The van der Waals surface area contributed by atoms with Gasteiger partial charge < -0.3 is 4.98 Å². The first-order valence-electron chi connectivity index (χ1n) is 6.09. The number of hydrogen-bond acceptors (Lipinski definition) is 4.